The number of rotatable bonds is 3. The largest absolute Gasteiger partial charge is 0.346 e. The predicted octanol–water partition coefficient (Wildman–Crippen LogP) is 6.50. The first kappa shape index (κ1) is 23.7. The van der Waals surface area contributed by atoms with Gasteiger partial charge in [0.2, 0.25) is 5.91 Å². The van der Waals surface area contributed by atoms with Crippen molar-refractivity contribution in [3.05, 3.63) is 34.9 Å². The van der Waals surface area contributed by atoms with Gasteiger partial charge in [0.05, 0.1) is 5.54 Å². The van der Waals surface area contributed by atoms with E-state index >= 15 is 0 Å². The lowest BCUT2D eigenvalue weighted by molar-refractivity contribution is -0.134. The zero-order valence-corrected chi connectivity index (χ0v) is 22.0. The molecule has 6 atom stereocenters. The van der Waals surface area contributed by atoms with Crippen LogP contribution in [0.3, 0.4) is 0 Å². The maximum absolute atomic E-state index is 14.0. The summed E-state index contributed by atoms with van der Waals surface area (Å²) in [6, 6.07) is 8.11. The number of nitrogens with zero attached hydrogens (tertiary/aromatic N) is 1. The molecule has 35 heavy (non-hydrogen) atoms. The van der Waals surface area contributed by atoms with Crippen LogP contribution in [0.2, 0.25) is 5.02 Å². The van der Waals surface area contributed by atoms with Gasteiger partial charge in [-0.15, -0.1) is 0 Å². The van der Waals surface area contributed by atoms with Crippen molar-refractivity contribution in [2.24, 2.45) is 39.5 Å². The first-order valence-electron chi connectivity index (χ1n) is 13.9. The summed E-state index contributed by atoms with van der Waals surface area (Å²) in [6.45, 7) is 5.64. The molecule has 5 aliphatic rings. The molecule has 4 saturated carbocycles. The second-order valence-corrected chi connectivity index (χ2v) is 13.2. The summed E-state index contributed by atoms with van der Waals surface area (Å²) in [5, 5.41) is 4.35. The molecular weight excluding hydrogens is 456 g/mol. The lowest BCUT2D eigenvalue weighted by Crippen LogP contribution is -2.56. The molecule has 1 aromatic rings. The number of nitrogens with one attached hydrogen (secondary N) is 1. The molecule has 1 aromatic carbocycles. The number of amides is 1. The smallest absolute Gasteiger partial charge is 0.224 e. The van der Waals surface area contributed by atoms with E-state index in [4.69, 9.17) is 16.6 Å². The van der Waals surface area contributed by atoms with E-state index in [1.807, 2.05) is 12.1 Å². The average molecular weight is 495 g/mol. The van der Waals surface area contributed by atoms with E-state index in [0.717, 1.165) is 69.4 Å². The molecule has 0 spiro atoms. The Morgan fingerprint density at radius 2 is 1.74 bits per heavy atom. The third-order valence-corrected chi connectivity index (χ3v) is 11.5. The maximum Gasteiger partial charge on any atom is 0.224 e. The van der Waals surface area contributed by atoms with E-state index in [2.05, 4.69) is 31.3 Å². The summed E-state index contributed by atoms with van der Waals surface area (Å²) in [7, 11) is 0. The Hall–Kier alpha value is -1.68. The molecule has 4 nitrogen and oxygen atoms in total. The molecule has 4 aliphatic carbocycles. The molecular formula is C30H39ClN2O2. The third-order valence-electron chi connectivity index (χ3n) is 11.2. The van der Waals surface area contributed by atoms with Gasteiger partial charge in [0.25, 0.3) is 0 Å². The minimum Gasteiger partial charge on any atom is -0.346 e. The molecule has 1 aliphatic heterocycles. The number of benzene rings is 1. The molecule has 0 radical (unpaired) electrons. The molecule has 4 fully saturated rings. The van der Waals surface area contributed by atoms with Crippen molar-refractivity contribution >= 4 is 29.0 Å². The summed E-state index contributed by atoms with van der Waals surface area (Å²) in [4.78, 5) is 31.2. The number of halogens is 1. The van der Waals surface area contributed by atoms with E-state index < -0.39 is 0 Å². The van der Waals surface area contributed by atoms with Crippen molar-refractivity contribution < 1.29 is 9.59 Å². The van der Waals surface area contributed by atoms with Crippen LogP contribution < -0.4 is 5.32 Å². The molecule has 1 unspecified atom stereocenters. The topological polar surface area (TPSA) is 58.5 Å². The van der Waals surface area contributed by atoms with Gasteiger partial charge in [-0.05, 0) is 85.8 Å². The summed E-state index contributed by atoms with van der Waals surface area (Å²) in [6.07, 6.45) is 10.9. The lowest BCUT2D eigenvalue weighted by atomic mass is 9.49. The summed E-state index contributed by atoms with van der Waals surface area (Å²) < 4.78 is 0. The van der Waals surface area contributed by atoms with Crippen molar-refractivity contribution in [1.82, 2.24) is 5.32 Å². The standard InChI is InChI=1S/C30H39ClN2O2/c1-28-16-12-24-22(18-32-26-17-21(34)11-15-29(24,26)2)23(28)9-10-25(28)27(35)33-30(13-3-4-14-30)19-5-7-20(31)8-6-19/h5-8,22-25H,3-4,9-18H2,1-2H3,(H,33,35)/t22-,23-,24+,25?,28-,29+/m0/s1. The Balaban J connectivity index is 1.24. The molecule has 1 N–H and O–H groups in total. The number of carbonyl (C=O) groups excluding carboxylic acids is 2. The Morgan fingerprint density at radius 1 is 1.00 bits per heavy atom. The van der Waals surface area contributed by atoms with Crippen molar-refractivity contribution in [2.45, 2.75) is 90.0 Å². The van der Waals surface area contributed by atoms with Crippen molar-refractivity contribution in [2.75, 3.05) is 6.54 Å². The van der Waals surface area contributed by atoms with Crippen LogP contribution in [0.1, 0.15) is 90.0 Å². The first-order valence-corrected chi connectivity index (χ1v) is 14.3. The molecule has 6 rings (SSSR count). The normalized spacial score (nSPS) is 39.9. The van der Waals surface area contributed by atoms with Gasteiger partial charge in [0.1, 0.15) is 5.78 Å². The summed E-state index contributed by atoms with van der Waals surface area (Å²) >= 11 is 6.17. The number of hydrogen-bond acceptors (Lipinski definition) is 3. The highest BCUT2D eigenvalue weighted by molar-refractivity contribution is 6.30. The van der Waals surface area contributed by atoms with Crippen LogP contribution in [0, 0.1) is 34.5 Å². The molecule has 0 bridgehead atoms. The van der Waals surface area contributed by atoms with Crippen LogP contribution in [0.4, 0.5) is 0 Å². The van der Waals surface area contributed by atoms with Crippen LogP contribution in [-0.4, -0.2) is 23.9 Å². The highest BCUT2D eigenvalue weighted by Crippen LogP contribution is 2.64. The number of fused-ring (bicyclic) bond motifs is 5. The summed E-state index contributed by atoms with van der Waals surface area (Å²) in [5.74, 6) is 2.40. The second kappa shape index (κ2) is 8.43. The minimum atomic E-state index is -0.251. The minimum absolute atomic E-state index is 0.0406. The van der Waals surface area contributed by atoms with Gasteiger partial charge in [-0.2, -0.15) is 0 Å². The van der Waals surface area contributed by atoms with Gasteiger partial charge in [0.15, 0.2) is 0 Å². The molecule has 0 saturated heterocycles. The zero-order valence-electron chi connectivity index (χ0n) is 21.2. The Labute approximate surface area is 214 Å². The van der Waals surface area contributed by atoms with Crippen LogP contribution in [0.15, 0.2) is 29.3 Å². The monoisotopic (exact) mass is 494 g/mol. The summed E-state index contributed by atoms with van der Waals surface area (Å²) in [5.41, 5.74) is 2.25. The maximum atomic E-state index is 14.0. The van der Waals surface area contributed by atoms with Crippen LogP contribution in [0.5, 0.6) is 0 Å². The van der Waals surface area contributed by atoms with E-state index in [1.54, 1.807) is 0 Å². The first-order chi connectivity index (χ1) is 16.8. The van der Waals surface area contributed by atoms with Crippen molar-refractivity contribution in [3.8, 4) is 0 Å². The average Bonchev–Trinajstić information content (AvgIpc) is 3.44. The Kier molecular flexibility index (Phi) is 5.71. The Bertz CT molecular complexity index is 1060. The fraction of sp³-hybridized carbons (Fsp3) is 0.700. The molecule has 0 aromatic heterocycles. The SMILES string of the molecule is C[C@]12CCC(=O)CC1=NC[C@@H]1[C@H]2CC[C@]2(C)C(C(=O)NC3(c4ccc(Cl)cc4)CCCC3)CC[C@@H]12. The number of Topliss-reactive ketones (excluding diaryl/α,β-unsaturated/α-hetero) is 1. The second-order valence-electron chi connectivity index (χ2n) is 12.8. The number of aliphatic imine (C=N–C) groups is 1. The fourth-order valence-corrected chi connectivity index (χ4v) is 9.32. The van der Waals surface area contributed by atoms with Gasteiger partial charge < -0.3 is 5.32 Å². The van der Waals surface area contributed by atoms with Crippen LogP contribution >= 0.6 is 11.6 Å². The fourth-order valence-electron chi connectivity index (χ4n) is 9.19. The number of carbonyl (C=O) groups is 2. The van der Waals surface area contributed by atoms with Crippen LogP contribution in [0.25, 0.3) is 0 Å². The van der Waals surface area contributed by atoms with E-state index in [1.165, 1.54) is 11.3 Å². The van der Waals surface area contributed by atoms with Gasteiger partial charge in [-0.25, -0.2) is 0 Å². The van der Waals surface area contributed by atoms with Crippen LogP contribution in [-0.2, 0) is 15.1 Å². The molecule has 5 heteroatoms. The van der Waals surface area contributed by atoms with Gasteiger partial charge in [-0.1, -0.05) is 50.4 Å². The van der Waals surface area contributed by atoms with E-state index in [9.17, 15) is 9.59 Å². The quantitative estimate of drug-likeness (QED) is 0.521. The highest BCUT2D eigenvalue weighted by Gasteiger charge is 2.61. The van der Waals surface area contributed by atoms with Gasteiger partial charge in [-0.3, -0.25) is 14.6 Å². The molecule has 1 amide bonds. The van der Waals surface area contributed by atoms with Gasteiger partial charge in [0, 0.05) is 41.5 Å². The van der Waals surface area contributed by atoms with E-state index in [-0.39, 0.29) is 28.2 Å². The zero-order chi connectivity index (χ0) is 24.4. The Morgan fingerprint density at radius 3 is 2.49 bits per heavy atom. The lowest BCUT2D eigenvalue weighted by Gasteiger charge is -2.56. The molecule has 1 heterocycles. The van der Waals surface area contributed by atoms with E-state index in [0.29, 0.717) is 36.4 Å². The number of hydrogen-bond donors (Lipinski definition) is 1. The molecule has 188 valence electrons. The van der Waals surface area contributed by atoms with Gasteiger partial charge >= 0.3 is 0 Å². The van der Waals surface area contributed by atoms with Crippen molar-refractivity contribution in [1.29, 1.82) is 0 Å². The third kappa shape index (κ3) is 3.64. The van der Waals surface area contributed by atoms with Crippen molar-refractivity contribution in [3.63, 3.8) is 0 Å². The highest BCUT2D eigenvalue weighted by atomic mass is 35.5. The predicted molar refractivity (Wildman–Crippen MR) is 140 cm³/mol. The number of ketones is 1.